The summed E-state index contributed by atoms with van der Waals surface area (Å²) < 4.78 is 7.28. The number of rotatable bonds is 2. The fraction of sp³-hybridized carbons (Fsp3) is 0.667. The van der Waals surface area contributed by atoms with Crippen molar-refractivity contribution in [2.45, 2.75) is 43.8 Å². The maximum absolute atomic E-state index is 9.96. The lowest BCUT2D eigenvalue weighted by Crippen LogP contribution is -2.24. The zero-order valence-corrected chi connectivity index (χ0v) is 10.4. The molecule has 0 amide bonds. The minimum absolute atomic E-state index is 0.222. The predicted octanol–water partition coefficient (Wildman–Crippen LogP) is 0.0533. The fourth-order valence-electron chi connectivity index (χ4n) is 2.52. The van der Waals surface area contributed by atoms with Crippen molar-refractivity contribution in [1.82, 2.24) is 9.55 Å². The Kier molecular flexibility index (Phi) is 3.36. The standard InChI is InChI=1S/C12H17N3O4/c16-5-9-8(18)4-10(19-9)15-6-14-11-7(17)2-1-3-13-12(11)15/h3,6-10,16-18H,1-2,4-5H2/t7-,8-,9+,10+/m1/s1. The zero-order chi connectivity index (χ0) is 13.4. The van der Waals surface area contributed by atoms with Gasteiger partial charge in [-0.3, -0.25) is 4.57 Å². The summed E-state index contributed by atoms with van der Waals surface area (Å²) >= 11 is 0. The molecule has 0 spiro atoms. The van der Waals surface area contributed by atoms with Crippen LogP contribution in [-0.2, 0) is 4.74 Å². The Hall–Kier alpha value is -1.28. The number of hydrogen-bond donors (Lipinski definition) is 3. The van der Waals surface area contributed by atoms with Gasteiger partial charge in [0.1, 0.15) is 24.1 Å². The van der Waals surface area contributed by atoms with Crippen molar-refractivity contribution >= 4 is 12.0 Å². The van der Waals surface area contributed by atoms with E-state index in [2.05, 4.69) is 9.98 Å². The highest BCUT2D eigenvalue weighted by atomic mass is 16.5. The van der Waals surface area contributed by atoms with Crippen LogP contribution in [0.15, 0.2) is 11.3 Å². The molecular weight excluding hydrogens is 250 g/mol. The highest BCUT2D eigenvalue weighted by Crippen LogP contribution is 2.36. The average Bonchev–Trinajstić information content (AvgIpc) is 2.93. The van der Waals surface area contributed by atoms with Crippen LogP contribution in [0.5, 0.6) is 0 Å². The van der Waals surface area contributed by atoms with E-state index in [1.54, 1.807) is 17.1 Å². The van der Waals surface area contributed by atoms with E-state index in [0.717, 1.165) is 0 Å². The molecule has 1 aromatic heterocycles. The van der Waals surface area contributed by atoms with Crippen LogP contribution >= 0.6 is 0 Å². The lowest BCUT2D eigenvalue weighted by atomic mass is 10.1. The summed E-state index contributed by atoms with van der Waals surface area (Å²) in [7, 11) is 0. The molecule has 2 aliphatic heterocycles. The highest BCUT2D eigenvalue weighted by Gasteiger charge is 2.36. The van der Waals surface area contributed by atoms with Crippen molar-refractivity contribution in [3.05, 3.63) is 12.0 Å². The van der Waals surface area contributed by atoms with Crippen molar-refractivity contribution in [2.75, 3.05) is 6.61 Å². The van der Waals surface area contributed by atoms with Crippen LogP contribution in [0.3, 0.4) is 0 Å². The molecule has 19 heavy (non-hydrogen) atoms. The summed E-state index contributed by atoms with van der Waals surface area (Å²) in [4.78, 5) is 8.50. The quantitative estimate of drug-likeness (QED) is 0.703. The normalized spacial score (nSPS) is 34.3. The monoisotopic (exact) mass is 267 g/mol. The molecule has 3 rings (SSSR count). The second-order valence-electron chi connectivity index (χ2n) is 4.88. The van der Waals surface area contributed by atoms with Crippen LogP contribution in [0.4, 0.5) is 5.82 Å². The Balaban J connectivity index is 1.90. The smallest absolute Gasteiger partial charge is 0.160 e. The molecule has 0 unspecified atom stereocenters. The molecule has 0 radical (unpaired) electrons. The number of nitrogens with zero attached hydrogens (tertiary/aromatic N) is 3. The van der Waals surface area contributed by atoms with E-state index in [1.165, 1.54) is 0 Å². The van der Waals surface area contributed by atoms with E-state index < -0.39 is 24.5 Å². The van der Waals surface area contributed by atoms with Crippen molar-refractivity contribution in [2.24, 2.45) is 4.99 Å². The van der Waals surface area contributed by atoms with Crippen LogP contribution in [0.2, 0.25) is 0 Å². The van der Waals surface area contributed by atoms with Crippen LogP contribution in [0.25, 0.3) is 0 Å². The Morgan fingerprint density at radius 1 is 1.42 bits per heavy atom. The molecular formula is C12H17N3O4. The maximum atomic E-state index is 9.96. The SMILES string of the molecule is OC[C@@H]1O[C@H](n2cnc3c2N=CCC[C@H]3O)C[C@H]1O. The van der Waals surface area contributed by atoms with E-state index in [4.69, 9.17) is 9.84 Å². The number of hydrogen-bond acceptors (Lipinski definition) is 6. The van der Waals surface area contributed by atoms with Gasteiger partial charge in [-0.2, -0.15) is 0 Å². The van der Waals surface area contributed by atoms with Crippen LogP contribution in [0.1, 0.15) is 37.3 Å². The third-order valence-corrected chi connectivity index (χ3v) is 3.59. The third kappa shape index (κ3) is 2.18. The molecule has 0 aromatic carbocycles. The van der Waals surface area contributed by atoms with Gasteiger partial charge in [-0.05, 0) is 12.8 Å². The number of aliphatic hydroxyl groups excluding tert-OH is 3. The van der Waals surface area contributed by atoms with Crippen molar-refractivity contribution in [3.8, 4) is 0 Å². The van der Waals surface area contributed by atoms with Gasteiger partial charge in [0.2, 0.25) is 0 Å². The molecule has 0 aliphatic carbocycles. The van der Waals surface area contributed by atoms with Crippen molar-refractivity contribution < 1.29 is 20.1 Å². The van der Waals surface area contributed by atoms with E-state index >= 15 is 0 Å². The number of ether oxygens (including phenoxy) is 1. The number of aliphatic hydroxyl groups is 3. The van der Waals surface area contributed by atoms with E-state index in [-0.39, 0.29) is 6.61 Å². The van der Waals surface area contributed by atoms with Crippen LogP contribution in [-0.4, -0.2) is 49.9 Å². The number of imidazole rings is 1. The highest BCUT2D eigenvalue weighted by molar-refractivity contribution is 5.64. The molecule has 104 valence electrons. The number of aromatic nitrogens is 2. The van der Waals surface area contributed by atoms with Crippen molar-refractivity contribution in [1.29, 1.82) is 0 Å². The lowest BCUT2D eigenvalue weighted by molar-refractivity contribution is -0.0438. The van der Waals surface area contributed by atoms with Gasteiger partial charge in [-0.15, -0.1) is 0 Å². The first-order valence-corrected chi connectivity index (χ1v) is 6.42. The fourth-order valence-corrected chi connectivity index (χ4v) is 2.52. The second-order valence-corrected chi connectivity index (χ2v) is 4.88. The van der Waals surface area contributed by atoms with E-state index in [0.29, 0.717) is 30.8 Å². The molecule has 3 N–H and O–H groups in total. The lowest BCUT2D eigenvalue weighted by Gasteiger charge is -2.15. The Labute approximate surface area is 110 Å². The molecule has 4 atom stereocenters. The first-order chi connectivity index (χ1) is 9.20. The van der Waals surface area contributed by atoms with Crippen LogP contribution in [0, 0.1) is 0 Å². The van der Waals surface area contributed by atoms with Gasteiger partial charge in [0.15, 0.2) is 5.82 Å². The number of fused-ring (bicyclic) bond motifs is 1. The third-order valence-electron chi connectivity index (χ3n) is 3.59. The largest absolute Gasteiger partial charge is 0.394 e. The summed E-state index contributed by atoms with van der Waals surface area (Å²) in [5.41, 5.74) is 0.541. The predicted molar refractivity (Wildman–Crippen MR) is 66.2 cm³/mol. The second kappa shape index (κ2) is 5.01. The summed E-state index contributed by atoms with van der Waals surface area (Å²) in [6, 6.07) is 0. The summed E-state index contributed by atoms with van der Waals surface area (Å²) in [5.74, 6) is 0.570. The summed E-state index contributed by atoms with van der Waals surface area (Å²) in [6.45, 7) is -0.222. The molecule has 0 saturated carbocycles. The minimum atomic E-state index is -0.701. The van der Waals surface area contributed by atoms with Gasteiger partial charge in [-0.25, -0.2) is 9.98 Å². The number of aliphatic imine (C=N–C) groups is 1. The van der Waals surface area contributed by atoms with Gasteiger partial charge in [0, 0.05) is 12.6 Å². The van der Waals surface area contributed by atoms with Gasteiger partial charge in [-0.1, -0.05) is 0 Å². The first-order valence-electron chi connectivity index (χ1n) is 6.42. The van der Waals surface area contributed by atoms with E-state index in [1.807, 2.05) is 0 Å². The van der Waals surface area contributed by atoms with Crippen molar-refractivity contribution in [3.63, 3.8) is 0 Å². The molecule has 7 nitrogen and oxygen atoms in total. The minimum Gasteiger partial charge on any atom is -0.394 e. The molecule has 2 aliphatic rings. The van der Waals surface area contributed by atoms with Gasteiger partial charge in [0.25, 0.3) is 0 Å². The Morgan fingerprint density at radius 3 is 3.00 bits per heavy atom. The Morgan fingerprint density at radius 2 is 2.26 bits per heavy atom. The zero-order valence-electron chi connectivity index (χ0n) is 10.4. The summed E-state index contributed by atoms with van der Waals surface area (Å²) in [5, 5.41) is 28.8. The molecule has 0 bridgehead atoms. The van der Waals surface area contributed by atoms with Crippen LogP contribution < -0.4 is 0 Å². The molecule has 1 fully saturated rings. The van der Waals surface area contributed by atoms with Gasteiger partial charge < -0.3 is 20.1 Å². The molecule has 7 heteroatoms. The summed E-state index contributed by atoms with van der Waals surface area (Å²) in [6.07, 6.45) is 2.67. The maximum Gasteiger partial charge on any atom is 0.160 e. The average molecular weight is 267 g/mol. The Bertz CT molecular complexity index is 487. The van der Waals surface area contributed by atoms with Gasteiger partial charge in [0.05, 0.1) is 19.0 Å². The van der Waals surface area contributed by atoms with E-state index in [9.17, 15) is 10.2 Å². The topological polar surface area (TPSA) is 100 Å². The van der Waals surface area contributed by atoms with Gasteiger partial charge >= 0.3 is 0 Å². The molecule has 1 aromatic rings. The first kappa shape index (κ1) is 12.7. The molecule has 1 saturated heterocycles. The molecule has 3 heterocycles.